The Morgan fingerprint density at radius 2 is 2.38 bits per heavy atom. The summed E-state index contributed by atoms with van der Waals surface area (Å²) < 4.78 is 5.96. The van der Waals surface area contributed by atoms with Crippen LogP contribution in [0.3, 0.4) is 0 Å². The van der Waals surface area contributed by atoms with E-state index in [-0.39, 0.29) is 5.82 Å². The second-order valence-electron chi connectivity index (χ2n) is 2.46. The molecule has 0 aliphatic heterocycles. The molecule has 2 aromatic heterocycles. The Morgan fingerprint density at radius 3 is 3.00 bits per heavy atom. The predicted molar refractivity (Wildman–Crippen MR) is 43.0 cm³/mol. The molecular weight excluding hydrogens is 172 g/mol. The molecule has 68 valence electrons. The van der Waals surface area contributed by atoms with Crippen LogP contribution in [-0.2, 0) is 6.42 Å². The lowest BCUT2D eigenvalue weighted by molar-refractivity contribution is 0.306. The Bertz CT molecular complexity index is 405. The van der Waals surface area contributed by atoms with Gasteiger partial charge in [-0.3, -0.25) is 0 Å². The van der Waals surface area contributed by atoms with Gasteiger partial charge in [-0.2, -0.15) is 4.68 Å². The van der Waals surface area contributed by atoms with Gasteiger partial charge in [-0.25, -0.2) is 4.63 Å². The fourth-order valence-electron chi connectivity index (χ4n) is 1.01. The maximum absolute atomic E-state index is 5.50. The molecule has 0 unspecified atom stereocenters. The number of nitrogens with zero attached hydrogens (tertiary/aromatic N) is 5. The van der Waals surface area contributed by atoms with Gasteiger partial charge in [0.25, 0.3) is 0 Å². The number of hydrogen-bond donors (Lipinski definition) is 1. The summed E-state index contributed by atoms with van der Waals surface area (Å²) >= 11 is 0. The maximum Gasteiger partial charge on any atom is 0.243 e. The number of nitrogen functional groups attached to an aromatic ring is 1. The third kappa shape index (κ3) is 1.13. The van der Waals surface area contributed by atoms with E-state index in [0.717, 1.165) is 12.1 Å². The topological polar surface area (TPSA) is 95.6 Å². The number of nitrogens with two attached hydrogens (primary N) is 1. The van der Waals surface area contributed by atoms with Crippen molar-refractivity contribution in [2.24, 2.45) is 0 Å². The summed E-state index contributed by atoms with van der Waals surface area (Å²) in [5.41, 5.74) is 6.40. The fourth-order valence-corrected chi connectivity index (χ4v) is 1.01. The van der Waals surface area contributed by atoms with Crippen LogP contribution in [0.25, 0.3) is 5.82 Å². The molecule has 0 aromatic carbocycles. The highest BCUT2D eigenvalue weighted by molar-refractivity contribution is 5.44. The zero-order valence-electron chi connectivity index (χ0n) is 7.01. The molecule has 0 fully saturated rings. The molecule has 0 amide bonds. The van der Waals surface area contributed by atoms with Crippen LogP contribution in [0.15, 0.2) is 10.8 Å². The highest BCUT2D eigenvalue weighted by atomic mass is 16.6. The van der Waals surface area contributed by atoms with E-state index in [9.17, 15) is 0 Å². The van der Waals surface area contributed by atoms with Gasteiger partial charge in [0.2, 0.25) is 11.6 Å². The normalized spacial score (nSPS) is 10.5. The molecule has 7 heteroatoms. The third-order valence-electron chi connectivity index (χ3n) is 1.68. The first-order valence-corrected chi connectivity index (χ1v) is 3.81. The van der Waals surface area contributed by atoms with Gasteiger partial charge in [-0.15, -0.1) is 5.10 Å². The molecule has 7 nitrogen and oxygen atoms in total. The zero-order chi connectivity index (χ0) is 9.26. The summed E-state index contributed by atoms with van der Waals surface area (Å²) in [6, 6.07) is 0. The number of rotatable bonds is 2. The van der Waals surface area contributed by atoms with Gasteiger partial charge in [0.15, 0.2) is 0 Å². The molecule has 2 heterocycles. The summed E-state index contributed by atoms with van der Waals surface area (Å²) in [6.07, 6.45) is 2.44. The smallest absolute Gasteiger partial charge is 0.243 e. The quantitative estimate of drug-likeness (QED) is 0.687. The summed E-state index contributed by atoms with van der Waals surface area (Å²) in [7, 11) is 0. The fraction of sp³-hybridized carbons (Fsp3) is 0.333. The summed E-state index contributed by atoms with van der Waals surface area (Å²) in [6.45, 7) is 1.99. The molecule has 0 spiro atoms. The molecule has 0 radical (unpaired) electrons. The van der Waals surface area contributed by atoms with Crippen LogP contribution in [0.5, 0.6) is 0 Å². The first-order valence-electron chi connectivity index (χ1n) is 3.81. The van der Waals surface area contributed by atoms with Crippen LogP contribution in [0.2, 0.25) is 0 Å². The van der Waals surface area contributed by atoms with Crippen molar-refractivity contribution in [3.05, 3.63) is 11.9 Å². The molecule has 0 bridgehead atoms. The third-order valence-corrected chi connectivity index (χ3v) is 1.68. The molecule has 0 atom stereocenters. The highest BCUT2D eigenvalue weighted by Crippen LogP contribution is 2.12. The van der Waals surface area contributed by atoms with E-state index in [1.165, 1.54) is 4.68 Å². The van der Waals surface area contributed by atoms with Crippen molar-refractivity contribution >= 4 is 5.82 Å². The lowest BCUT2D eigenvalue weighted by atomic mass is 10.4. The Balaban J connectivity index is 2.52. The van der Waals surface area contributed by atoms with Crippen LogP contribution in [0, 0.1) is 0 Å². The van der Waals surface area contributed by atoms with Crippen molar-refractivity contribution in [1.29, 1.82) is 0 Å². The average Bonchev–Trinajstić information content (AvgIpc) is 2.71. The number of aromatic nitrogens is 5. The van der Waals surface area contributed by atoms with Gasteiger partial charge >= 0.3 is 0 Å². The number of aryl methyl sites for hydroxylation is 1. The van der Waals surface area contributed by atoms with E-state index in [1.54, 1.807) is 6.20 Å². The minimum Gasteiger partial charge on any atom is -0.378 e. The SMILES string of the molecule is CCc1cnnn1-c1nonc1N. The van der Waals surface area contributed by atoms with E-state index in [2.05, 4.69) is 25.3 Å². The molecule has 2 N–H and O–H groups in total. The lowest BCUT2D eigenvalue weighted by Crippen LogP contribution is -2.04. The molecule has 0 saturated heterocycles. The van der Waals surface area contributed by atoms with E-state index >= 15 is 0 Å². The Hall–Kier alpha value is -1.92. The van der Waals surface area contributed by atoms with Gasteiger partial charge in [-0.1, -0.05) is 12.1 Å². The average molecular weight is 180 g/mol. The van der Waals surface area contributed by atoms with Crippen LogP contribution < -0.4 is 5.73 Å². The zero-order valence-corrected chi connectivity index (χ0v) is 7.01. The van der Waals surface area contributed by atoms with Crippen molar-refractivity contribution in [2.75, 3.05) is 5.73 Å². The van der Waals surface area contributed by atoms with Crippen molar-refractivity contribution in [3.63, 3.8) is 0 Å². The minimum atomic E-state index is 0.209. The Kier molecular flexibility index (Phi) is 1.69. The predicted octanol–water partition coefficient (Wildman–Crippen LogP) is -0.205. The summed E-state index contributed by atoms with van der Waals surface area (Å²) in [5, 5.41) is 14.6. The summed E-state index contributed by atoms with van der Waals surface area (Å²) in [5.74, 6) is 0.592. The molecule has 13 heavy (non-hydrogen) atoms. The minimum absolute atomic E-state index is 0.209. The largest absolute Gasteiger partial charge is 0.378 e. The second-order valence-corrected chi connectivity index (χ2v) is 2.46. The van der Waals surface area contributed by atoms with E-state index < -0.39 is 0 Å². The van der Waals surface area contributed by atoms with Gasteiger partial charge in [0, 0.05) is 0 Å². The first-order chi connectivity index (χ1) is 6.33. The molecule has 2 aromatic rings. The monoisotopic (exact) mass is 180 g/mol. The van der Waals surface area contributed by atoms with Crippen LogP contribution in [-0.4, -0.2) is 25.3 Å². The Morgan fingerprint density at radius 1 is 1.54 bits per heavy atom. The van der Waals surface area contributed by atoms with Crippen LogP contribution in [0.1, 0.15) is 12.6 Å². The van der Waals surface area contributed by atoms with E-state index in [0.29, 0.717) is 5.82 Å². The van der Waals surface area contributed by atoms with Gasteiger partial charge in [0.05, 0.1) is 11.9 Å². The molecule has 0 saturated carbocycles. The van der Waals surface area contributed by atoms with Crippen molar-refractivity contribution in [2.45, 2.75) is 13.3 Å². The van der Waals surface area contributed by atoms with E-state index in [1.807, 2.05) is 6.92 Å². The highest BCUT2D eigenvalue weighted by Gasteiger charge is 2.12. The molecule has 0 aliphatic rings. The standard InChI is InChI=1S/C6H8N6O/c1-2-4-3-8-11-12(4)6-5(7)9-13-10-6/h3H,2H2,1H3,(H2,7,9). The van der Waals surface area contributed by atoms with Crippen LogP contribution in [0.4, 0.5) is 5.82 Å². The number of anilines is 1. The lowest BCUT2D eigenvalue weighted by Gasteiger charge is -1.97. The number of hydrogen-bond acceptors (Lipinski definition) is 6. The Labute approximate surface area is 73.5 Å². The van der Waals surface area contributed by atoms with Gasteiger partial charge < -0.3 is 5.73 Å². The first kappa shape index (κ1) is 7.71. The molecular formula is C6H8N6O. The van der Waals surface area contributed by atoms with Crippen molar-refractivity contribution in [1.82, 2.24) is 25.3 Å². The van der Waals surface area contributed by atoms with Crippen molar-refractivity contribution in [3.8, 4) is 5.82 Å². The van der Waals surface area contributed by atoms with E-state index in [4.69, 9.17) is 5.73 Å². The molecule has 2 rings (SSSR count). The van der Waals surface area contributed by atoms with Crippen molar-refractivity contribution < 1.29 is 4.63 Å². The maximum atomic E-state index is 5.50. The van der Waals surface area contributed by atoms with Gasteiger partial charge in [0.1, 0.15) is 0 Å². The second kappa shape index (κ2) is 2.85. The van der Waals surface area contributed by atoms with Crippen LogP contribution >= 0.6 is 0 Å². The van der Waals surface area contributed by atoms with Gasteiger partial charge in [-0.05, 0) is 16.7 Å². The summed E-state index contributed by atoms with van der Waals surface area (Å²) in [4.78, 5) is 0. The molecule has 0 aliphatic carbocycles.